The number of rotatable bonds is 5. The van der Waals surface area contributed by atoms with Crippen LogP contribution in [0.2, 0.25) is 0 Å². The summed E-state index contributed by atoms with van der Waals surface area (Å²) in [6.45, 7) is 11.6. The number of allylic oxidation sites excluding steroid dienone is 1. The van der Waals surface area contributed by atoms with E-state index in [-0.39, 0.29) is 11.8 Å². The lowest BCUT2D eigenvalue weighted by Gasteiger charge is -2.09. The van der Waals surface area contributed by atoms with Crippen LogP contribution in [0.1, 0.15) is 50.2 Å². The number of amides is 1. The van der Waals surface area contributed by atoms with Gasteiger partial charge in [0.15, 0.2) is 0 Å². The Hall–Kier alpha value is -3.47. The summed E-state index contributed by atoms with van der Waals surface area (Å²) < 4.78 is 1.44. The van der Waals surface area contributed by atoms with Crippen LogP contribution in [0.4, 0.5) is 5.69 Å². The molecule has 0 saturated heterocycles. The molecule has 0 aliphatic carbocycles. The van der Waals surface area contributed by atoms with Crippen LogP contribution in [0.5, 0.6) is 0 Å². The van der Waals surface area contributed by atoms with Crippen molar-refractivity contribution in [1.29, 1.82) is 0 Å². The SMILES string of the molecule is C=C(C)Cc1c(C)nn(C(=O)c2ccc(NC(=O)c3ccccc3C)cc2)c1C. The average molecular weight is 387 g/mol. The van der Waals surface area contributed by atoms with Gasteiger partial charge in [-0.05, 0) is 70.0 Å². The minimum Gasteiger partial charge on any atom is -0.322 e. The van der Waals surface area contributed by atoms with E-state index in [1.54, 1.807) is 30.3 Å². The smallest absolute Gasteiger partial charge is 0.278 e. The van der Waals surface area contributed by atoms with E-state index in [1.165, 1.54) is 4.68 Å². The molecule has 1 heterocycles. The monoisotopic (exact) mass is 387 g/mol. The highest BCUT2D eigenvalue weighted by Gasteiger charge is 2.18. The standard InChI is InChI=1S/C24H25N3O2/c1-15(2)14-22-17(4)26-27(18(22)5)24(29)19-10-12-20(13-11-19)25-23(28)21-9-7-6-8-16(21)3/h6-13H,1,14H2,2-5H3,(H,25,28). The Morgan fingerprint density at radius 3 is 2.31 bits per heavy atom. The number of carbonyl (C=O) groups is 2. The summed E-state index contributed by atoms with van der Waals surface area (Å²) in [7, 11) is 0. The fraction of sp³-hybridized carbons (Fsp3) is 0.208. The number of nitrogens with one attached hydrogen (secondary N) is 1. The molecule has 0 aliphatic rings. The maximum Gasteiger partial charge on any atom is 0.278 e. The summed E-state index contributed by atoms with van der Waals surface area (Å²) in [5, 5.41) is 7.28. The predicted molar refractivity (Wildman–Crippen MR) is 116 cm³/mol. The van der Waals surface area contributed by atoms with Crippen molar-refractivity contribution in [3.8, 4) is 0 Å². The minimum atomic E-state index is -0.199. The van der Waals surface area contributed by atoms with Gasteiger partial charge in [0.25, 0.3) is 11.8 Å². The largest absolute Gasteiger partial charge is 0.322 e. The molecular weight excluding hydrogens is 362 g/mol. The number of hydrogen-bond acceptors (Lipinski definition) is 3. The Labute approximate surface area is 171 Å². The molecule has 0 aliphatic heterocycles. The van der Waals surface area contributed by atoms with Crippen LogP contribution in [-0.4, -0.2) is 21.6 Å². The number of carbonyl (C=O) groups excluding carboxylic acids is 2. The third-order valence-corrected chi connectivity index (χ3v) is 4.89. The molecule has 3 rings (SSSR count). The molecule has 3 aromatic rings. The van der Waals surface area contributed by atoms with Gasteiger partial charge in [0.05, 0.1) is 5.69 Å². The second-order valence-electron chi connectivity index (χ2n) is 7.35. The van der Waals surface area contributed by atoms with Crippen LogP contribution in [0.3, 0.4) is 0 Å². The summed E-state index contributed by atoms with van der Waals surface area (Å²) in [5.74, 6) is -0.375. The van der Waals surface area contributed by atoms with Gasteiger partial charge < -0.3 is 5.32 Å². The van der Waals surface area contributed by atoms with E-state index in [2.05, 4.69) is 17.0 Å². The normalized spacial score (nSPS) is 10.6. The van der Waals surface area contributed by atoms with Gasteiger partial charge in [0.1, 0.15) is 0 Å². The van der Waals surface area contributed by atoms with Crippen LogP contribution in [0.15, 0.2) is 60.7 Å². The fourth-order valence-electron chi connectivity index (χ4n) is 3.27. The molecule has 0 fully saturated rings. The number of benzene rings is 2. The zero-order valence-corrected chi connectivity index (χ0v) is 17.2. The molecule has 0 unspecified atom stereocenters. The van der Waals surface area contributed by atoms with Gasteiger partial charge in [-0.1, -0.05) is 30.4 Å². The predicted octanol–water partition coefficient (Wildman–Crippen LogP) is 4.87. The van der Waals surface area contributed by atoms with Crippen molar-refractivity contribution < 1.29 is 9.59 Å². The van der Waals surface area contributed by atoms with Crippen LogP contribution >= 0.6 is 0 Å². The third-order valence-electron chi connectivity index (χ3n) is 4.89. The molecule has 1 aromatic heterocycles. The number of anilines is 1. The highest BCUT2D eigenvalue weighted by Crippen LogP contribution is 2.19. The van der Waals surface area contributed by atoms with Crippen molar-refractivity contribution in [2.45, 2.75) is 34.1 Å². The lowest BCUT2D eigenvalue weighted by molar-refractivity contribution is 0.0941. The van der Waals surface area contributed by atoms with E-state index in [0.717, 1.165) is 28.1 Å². The molecule has 1 amide bonds. The first kappa shape index (κ1) is 20.3. The second-order valence-corrected chi connectivity index (χ2v) is 7.35. The van der Waals surface area contributed by atoms with Gasteiger partial charge in [0.2, 0.25) is 0 Å². The molecule has 5 heteroatoms. The molecule has 2 aromatic carbocycles. The maximum atomic E-state index is 12.9. The first-order valence-electron chi connectivity index (χ1n) is 9.49. The quantitative estimate of drug-likeness (QED) is 0.636. The minimum absolute atomic E-state index is 0.176. The number of aryl methyl sites for hydroxylation is 2. The van der Waals surface area contributed by atoms with Crippen LogP contribution < -0.4 is 5.32 Å². The molecule has 29 heavy (non-hydrogen) atoms. The maximum absolute atomic E-state index is 12.9. The molecule has 5 nitrogen and oxygen atoms in total. The van der Waals surface area contributed by atoms with Crippen molar-refractivity contribution in [1.82, 2.24) is 9.78 Å². The Bertz CT molecular complexity index is 1090. The summed E-state index contributed by atoms with van der Waals surface area (Å²) in [6.07, 6.45) is 0.703. The summed E-state index contributed by atoms with van der Waals surface area (Å²) in [6, 6.07) is 14.3. The van der Waals surface area contributed by atoms with Crippen molar-refractivity contribution in [2.24, 2.45) is 0 Å². The Kier molecular flexibility index (Phi) is 5.78. The molecular formula is C24H25N3O2. The van der Waals surface area contributed by atoms with E-state index in [4.69, 9.17) is 0 Å². The van der Waals surface area contributed by atoms with E-state index in [0.29, 0.717) is 23.2 Å². The van der Waals surface area contributed by atoms with Gasteiger partial charge in [-0.25, -0.2) is 4.68 Å². The number of hydrogen-bond donors (Lipinski definition) is 1. The second kappa shape index (κ2) is 8.27. The van der Waals surface area contributed by atoms with Crippen molar-refractivity contribution in [3.05, 3.63) is 94.3 Å². The van der Waals surface area contributed by atoms with Crippen LogP contribution in [-0.2, 0) is 6.42 Å². The van der Waals surface area contributed by atoms with Crippen molar-refractivity contribution >= 4 is 17.5 Å². The lowest BCUT2D eigenvalue weighted by atomic mass is 10.1. The Balaban J connectivity index is 1.78. The molecule has 0 radical (unpaired) electrons. The lowest BCUT2D eigenvalue weighted by Crippen LogP contribution is -2.16. The highest BCUT2D eigenvalue weighted by molar-refractivity contribution is 6.05. The molecule has 0 bridgehead atoms. The molecule has 148 valence electrons. The Morgan fingerprint density at radius 1 is 1.03 bits per heavy atom. The van der Waals surface area contributed by atoms with E-state index in [9.17, 15) is 9.59 Å². The van der Waals surface area contributed by atoms with Gasteiger partial charge in [-0.2, -0.15) is 5.10 Å². The molecule has 0 atom stereocenters. The first-order chi connectivity index (χ1) is 13.8. The average Bonchev–Trinajstić information content (AvgIpc) is 2.96. The zero-order valence-electron chi connectivity index (χ0n) is 17.2. The Morgan fingerprint density at radius 2 is 1.69 bits per heavy atom. The van der Waals surface area contributed by atoms with Gasteiger partial charge in [0, 0.05) is 28.1 Å². The van der Waals surface area contributed by atoms with Crippen molar-refractivity contribution in [3.63, 3.8) is 0 Å². The fourth-order valence-corrected chi connectivity index (χ4v) is 3.27. The van der Waals surface area contributed by atoms with Gasteiger partial charge in [-0.15, -0.1) is 0 Å². The third kappa shape index (κ3) is 4.35. The van der Waals surface area contributed by atoms with Crippen LogP contribution in [0.25, 0.3) is 0 Å². The van der Waals surface area contributed by atoms with Gasteiger partial charge in [-0.3, -0.25) is 9.59 Å². The molecule has 1 N–H and O–H groups in total. The summed E-state index contributed by atoms with van der Waals surface area (Å²) in [5.41, 5.74) is 6.39. The van der Waals surface area contributed by atoms with Gasteiger partial charge >= 0.3 is 0 Å². The summed E-state index contributed by atoms with van der Waals surface area (Å²) >= 11 is 0. The van der Waals surface area contributed by atoms with Crippen molar-refractivity contribution in [2.75, 3.05) is 5.32 Å². The van der Waals surface area contributed by atoms with E-state index >= 15 is 0 Å². The number of aromatic nitrogens is 2. The zero-order chi connectivity index (χ0) is 21.1. The molecule has 0 saturated carbocycles. The molecule has 0 spiro atoms. The van der Waals surface area contributed by atoms with E-state index in [1.807, 2.05) is 45.9 Å². The summed E-state index contributed by atoms with van der Waals surface area (Å²) in [4.78, 5) is 25.4. The van der Waals surface area contributed by atoms with Crippen LogP contribution in [0, 0.1) is 20.8 Å². The first-order valence-corrected chi connectivity index (χ1v) is 9.49. The van der Waals surface area contributed by atoms with E-state index < -0.39 is 0 Å². The number of nitrogens with zero attached hydrogens (tertiary/aromatic N) is 2. The highest BCUT2D eigenvalue weighted by atomic mass is 16.2. The topological polar surface area (TPSA) is 64.0 Å².